The predicted molar refractivity (Wildman–Crippen MR) is 84.2 cm³/mol. The number of nitrogens with one attached hydrogen (secondary N) is 1. The van der Waals surface area contributed by atoms with Crippen molar-refractivity contribution in [3.8, 4) is 0 Å². The summed E-state index contributed by atoms with van der Waals surface area (Å²) in [6.07, 6.45) is 5.72. The fourth-order valence-electron chi connectivity index (χ4n) is 2.90. The Morgan fingerprint density at radius 1 is 1.19 bits per heavy atom. The van der Waals surface area contributed by atoms with Crippen molar-refractivity contribution in [3.05, 3.63) is 29.8 Å². The van der Waals surface area contributed by atoms with Crippen LogP contribution in [0.15, 0.2) is 24.3 Å². The van der Waals surface area contributed by atoms with Crippen LogP contribution in [0.5, 0.6) is 0 Å². The Morgan fingerprint density at radius 3 is 2.48 bits per heavy atom. The van der Waals surface area contributed by atoms with Crippen LogP contribution in [0.1, 0.15) is 44.6 Å². The molecule has 0 saturated heterocycles. The monoisotopic (exact) mass is 288 g/mol. The lowest BCUT2D eigenvalue weighted by atomic mass is 9.95. The molecule has 0 spiro atoms. The molecule has 114 valence electrons. The Balaban J connectivity index is 2.01. The first-order chi connectivity index (χ1) is 10.1. The van der Waals surface area contributed by atoms with Crippen LogP contribution in [0.25, 0.3) is 0 Å². The lowest BCUT2D eigenvalue weighted by Crippen LogP contribution is -2.44. The average molecular weight is 288 g/mol. The van der Waals surface area contributed by atoms with Crippen LogP contribution in [0.3, 0.4) is 0 Å². The van der Waals surface area contributed by atoms with E-state index >= 15 is 0 Å². The molecular formula is C17H24N2O2. The first-order valence-corrected chi connectivity index (χ1v) is 7.71. The molecule has 1 aliphatic rings. The Hall–Kier alpha value is -1.84. The standard InChI is InChI=1S/C17H24N2O2/c1-13-8-6-7-11-16(13)19(14(2)20)12-17(21)18-15-9-4-3-5-10-15/h6-8,11,15H,3-5,9-10,12H2,1-2H3,(H,18,21). The Kier molecular flexibility index (Phi) is 5.37. The van der Waals surface area contributed by atoms with Crippen molar-refractivity contribution in [2.45, 2.75) is 52.0 Å². The lowest BCUT2D eigenvalue weighted by Gasteiger charge is -2.26. The van der Waals surface area contributed by atoms with Crippen LogP contribution in [0.2, 0.25) is 0 Å². The average Bonchev–Trinajstić information content (AvgIpc) is 2.46. The molecule has 1 N–H and O–H groups in total. The second kappa shape index (κ2) is 7.25. The van der Waals surface area contributed by atoms with Crippen LogP contribution < -0.4 is 10.2 Å². The Labute approximate surface area is 126 Å². The maximum absolute atomic E-state index is 12.2. The zero-order chi connectivity index (χ0) is 15.2. The Bertz CT molecular complexity index is 507. The lowest BCUT2D eigenvalue weighted by molar-refractivity contribution is -0.123. The highest BCUT2D eigenvalue weighted by Gasteiger charge is 2.20. The molecule has 1 fully saturated rings. The summed E-state index contributed by atoms with van der Waals surface area (Å²) in [5.41, 5.74) is 1.81. The minimum atomic E-state index is -0.108. The number of amides is 2. The third-order valence-corrected chi connectivity index (χ3v) is 4.06. The van der Waals surface area contributed by atoms with Crippen molar-refractivity contribution in [2.24, 2.45) is 0 Å². The number of carbonyl (C=O) groups excluding carboxylic acids is 2. The van der Waals surface area contributed by atoms with Crippen molar-refractivity contribution in [2.75, 3.05) is 11.4 Å². The summed E-state index contributed by atoms with van der Waals surface area (Å²) in [5.74, 6) is -0.177. The first-order valence-electron chi connectivity index (χ1n) is 7.71. The molecule has 0 aromatic heterocycles. The van der Waals surface area contributed by atoms with Gasteiger partial charge in [0.2, 0.25) is 11.8 Å². The van der Waals surface area contributed by atoms with Gasteiger partial charge in [0.1, 0.15) is 6.54 Å². The van der Waals surface area contributed by atoms with Gasteiger partial charge in [-0.25, -0.2) is 0 Å². The van der Waals surface area contributed by atoms with Gasteiger partial charge in [-0.15, -0.1) is 0 Å². The van der Waals surface area contributed by atoms with Crippen LogP contribution in [-0.2, 0) is 9.59 Å². The number of hydrogen-bond acceptors (Lipinski definition) is 2. The number of carbonyl (C=O) groups is 2. The maximum Gasteiger partial charge on any atom is 0.240 e. The largest absolute Gasteiger partial charge is 0.352 e. The van der Waals surface area contributed by atoms with Gasteiger partial charge in [-0.2, -0.15) is 0 Å². The van der Waals surface area contributed by atoms with Crippen LogP contribution in [-0.4, -0.2) is 24.4 Å². The molecular weight excluding hydrogens is 264 g/mol. The zero-order valence-corrected chi connectivity index (χ0v) is 12.9. The maximum atomic E-state index is 12.2. The summed E-state index contributed by atoms with van der Waals surface area (Å²) >= 11 is 0. The van der Waals surface area contributed by atoms with E-state index in [9.17, 15) is 9.59 Å². The van der Waals surface area contributed by atoms with Gasteiger partial charge in [-0.3, -0.25) is 9.59 Å². The second-order valence-corrected chi connectivity index (χ2v) is 5.79. The summed E-state index contributed by atoms with van der Waals surface area (Å²) < 4.78 is 0. The van der Waals surface area contributed by atoms with Crippen molar-refractivity contribution in [1.82, 2.24) is 5.32 Å². The van der Waals surface area contributed by atoms with E-state index in [1.165, 1.54) is 26.2 Å². The normalized spacial score (nSPS) is 15.5. The molecule has 2 rings (SSSR count). The van der Waals surface area contributed by atoms with Gasteiger partial charge in [-0.1, -0.05) is 37.5 Å². The highest BCUT2D eigenvalue weighted by atomic mass is 16.2. The molecule has 0 unspecified atom stereocenters. The van der Waals surface area contributed by atoms with Crippen LogP contribution >= 0.6 is 0 Å². The third-order valence-electron chi connectivity index (χ3n) is 4.06. The van der Waals surface area contributed by atoms with Crippen molar-refractivity contribution >= 4 is 17.5 Å². The fourth-order valence-corrected chi connectivity index (χ4v) is 2.90. The van der Waals surface area contributed by atoms with E-state index < -0.39 is 0 Å². The summed E-state index contributed by atoms with van der Waals surface area (Å²) in [6, 6.07) is 7.92. The van der Waals surface area contributed by atoms with Crippen molar-refractivity contribution in [1.29, 1.82) is 0 Å². The predicted octanol–water partition coefficient (Wildman–Crippen LogP) is 2.80. The van der Waals surface area contributed by atoms with E-state index in [1.54, 1.807) is 4.90 Å². The number of rotatable bonds is 4. The highest BCUT2D eigenvalue weighted by Crippen LogP contribution is 2.20. The van der Waals surface area contributed by atoms with Crippen molar-refractivity contribution < 1.29 is 9.59 Å². The van der Waals surface area contributed by atoms with Gasteiger partial charge in [0, 0.05) is 18.7 Å². The number of anilines is 1. The van der Waals surface area contributed by atoms with Gasteiger partial charge >= 0.3 is 0 Å². The molecule has 0 radical (unpaired) electrons. The number of aryl methyl sites for hydroxylation is 1. The van der Waals surface area contributed by atoms with Crippen LogP contribution in [0, 0.1) is 6.92 Å². The van der Waals surface area contributed by atoms with Gasteiger partial charge in [-0.05, 0) is 31.4 Å². The molecule has 0 aliphatic heterocycles. The van der Waals surface area contributed by atoms with E-state index in [4.69, 9.17) is 0 Å². The van der Waals surface area contributed by atoms with E-state index in [1.807, 2.05) is 31.2 Å². The molecule has 1 aromatic carbocycles. The molecule has 0 atom stereocenters. The molecule has 0 bridgehead atoms. The topological polar surface area (TPSA) is 49.4 Å². The quantitative estimate of drug-likeness (QED) is 0.926. The number of para-hydroxylation sites is 1. The van der Waals surface area contributed by atoms with E-state index in [2.05, 4.69) is 5.32 Å². The summed E-state index contributed by atoms with van der Waals surface area (Å²) in [7, 11) is 0. The fraction of sp³-hybridized carbons (Fsp3) is 0.529. The molecule has 2 amide bonds. The summed E-state index contributed by atoms with van der Waals surface area (Å²) in [6.45, 7) is 3.54. The number of benzene rings is 1. The number of nitrogens with zero attached hydrogens (tertiary/aromatic N) is 1. The SMILES string of the molecule is CC(=O)N(CC(=O)NC1CCCCC1)c1ccccc1C. The Morgan fingerprint density at radius 2 is 1.86 bits per heavy atom. The smallest absolute Gasteiger partial charge is 0.240 e. The van der Waals surface area contributed by atoms with E-state index in [0.29, 0.717) is 0 Å². The molecule has 4 heteroatoms. The molecule has 4 nitrogen and oxygen atoms in total. The molecule has 1 saturated carbocycles. The summed E-state index contributed by atoms with van der Waals surface area (Å²) in [4.78, 5) is 25.6. The van der Waals surface area contributed by atoms with Gasteiger partial charge in [0.25, 0.3) is 0 Å². The van der Waals surface area contributed by atoms with Crippen LogP contribution in [0.4, 0.5) is 5.69 Å². The highest BCUT2D eigenvalue weighted by molar-refractivity contribution is 5.98. The van der Waals surface area contributed by atoms with Crippen molar-refractivity contribution in [3.63, 3.8) is 0 Å². The second-order valence-electron chi connectivity index (χ2n) is 5.79. The summed E-state index contributed by atoms with van der Waals surface area (Å²) in [5, 5.41) is 3.06. The third kappa shape index (κ3) is 4.31. The minimum absolute atomic E-state index is 0.0691. The van der Waals surface area contributed by atoms with E-state index in [0.717, 1.165) is 24.1 Å². The number of hydrogen-bond donors (Lipinski definition) is 1. The van der Waals surface area contributed by atoms with E-state index in [-0.39, 0.29) is 24.4 Å². The van der Waals surface area contributed by atoms with Gasteiger partial charge < -0.3 is 10.2 Å². The molecule has 1 aliphatic carbocycles. The molecule has 0 heterocycles. The van der Waals surface area contributed by atoms with Gasteiger partial charge in [0.15, 0.2) is 0 Å². The zero-order valence-electron chi connectivity index (χ0n) is 12.9. The minimum Gasteiger partial charge on any atom is -0.352 e. The molecule has 1 aromatic rings. The first kappa shape index (κ1) is 15.5. The molecule has 21 heavy (non-hydrogen) atoms. The van der Waals surface area contributed by atoms with Gasteiger partial charge in [0.05, 0.1) is 0 Å².